The second-order valence-electron chi connectivity index (χ2n) is 7.43. The van der Waals surface area contributed by atoms with Crippen molar-refractivity contribution in [3.05, 3.63) is 35.9 Å². The lowest BCUT2D eigenvalue weighted by atomic mass is 9.65. The molecule has 1 N–H and O–H groups in total. The Bertz CT molecular complexity index is 396. The van der Waals surface area contributed by atoms with Gasteiger partial charge in [-0.1, -0.05) is 63.9 Å². The molecule has 0 aromatic heterocycles. The van der Waals surface area contributed by atoms with Crippen molar-refractivity contribution in [2.75, 3.05) is 6.54 Å². The summed E-state index contributed by atoms with van der Waals surface area (Å²) in [5.41, 5.74) is 1.98. The molecule has 1 aliphatic rings. The van der Waals surface area contributed by atoms with Crippen LogP contribution >= 0.6 is 0 Å². The van der Waals surface area contributed by atoms with Crippen LogP contribution in [0.5, 0.6) is 0 Å². The number of aryl methyl sites for hydroxylation is 1. The summed E-state index contributed by atoms with van der Waals surface area (Å²) < 4.78 is 0. The van der Waals surface area contributed by atoms with E-state index in [4.69, 9.17) is 0 Å². The molecule has 0 amide bonds. The molecule has 21 heavy (non-hydrogen) atoms. The molecule has 2 unspecified atom stereocenters. The second kappa shape index (κ2) is 7.98. The Morgan fingerprint density at radius 1 is 1.19 bits per heavy atom. The van der Waals surface area contributed by atoms with Gasteiger partial charge in [-0.05, 0) is 55.5 Å². The highest BCUT2D eigenvalue weighted by Gasteiger charge is 2.36. The summed E-state index contributed by atoms with van der Waals surface area (Å²) in [6.45, 7) is 8.40. The Kier molecular flexibility index (Phi) is 6.29. The number of benzene rings is 1. The molecule has 1 aliphatic carbocycles. The van der Waals surface area contributed by atoms with Crippen molar-refractivity contribution in [2.24, 2.45) is 11.3 Å². The van der Waals surface area contributed by atoms with E-state index >= 15 is 0 Å². The molecule has 1 nitrogen and oxygen atoms in total. The topological polar surface area (TPSA) is 12.0 Å². The van der Waals surface area contributed by atoms with Gasteiger partial charge in [0.25, 0.3) is 0 Å². The Morgan fingerprint density at radius 2 is 1.95 bits per heavy atom. The van der Waals surface area contributed by atoms with Crippen molar-refractivity contribution in [3.63, 3.8) is 0 Å². The van der Waals surface area contributed by atoms with Gasteiger partial charge in [-0.15, -0.1) is 0 Å². The SMILES string of the molecule is CCCNC(CCc1ccccc1)C1CCCCC1(C)C. The molecule has 1 aromatic rings. The first-order chi connectivity index (χ1) is 10.1. The molecule has 2 rings (SSSR count). The van der Waals surface area contributed by atoms with Gasteiger partial charge < -0.3 is 5.32 Å². The summed E-state index contributed by atoms with van der Waals surface area (Å²) in [5.74, 6) is 0.835. The van der Waals surface area contributed by atoms with E-state index in [1.165, 1.54) is 50.5 Å². The van der Waals surface area contributed by atoms with Crippen LogP contribution in [0.3, 0.4) is 0 Å². The average Bonchev–Trinajstić information content (AvgIpc) is 2.49. The quantitative estimate of drug-likeness (QED) is 0.726. The normalized spacial score (nSPS) is 22.9. The van der Waals surface area contributed by atoms with Crippen LogP contribution in [0, 0.1) is 11.3 Å². The van der Waals surface area contributed by atoms with Crippen molar-refractivity contribution in [3.8, 4) is 0 Å². The van der Waals surface area contributed by atoms with E-state index in [1.54, 1.807) is 0 Å². The first kappa shape index (κ1) is 16.5. The fraction of sp³-hybridized carbons (Fsp3) is 0.700. The fourth-order valence-corrected chi connectivity index (χ4v) is 4.01. The first-order valence-electron chi connectivity index (χ1n) is 8.91. The maximum atomic E-state index is 3.87. The van der Waals surface area contributed by atoms with Gasteiger partial charge in [0.05, 0.1) is 0 Å². The first-order valence-corrected chi connectivity index (χ1v) is 8.91. The van der Waals surface area contributed by atoms with Gasteiger partial charge in [-0.3, -0.25) is 0 Å². The molecule has 1 saturated carbocycles. The average molecular weight is 287 g/mol. The molecule has 0 heterocycles. The molecule has 118 valence electrons. The van der Waals surface area contributed by atoms with E-state index in [-0.39, 0.29) is 0 Å². The van der Waals surface area contributed by atoms with E-state index < -0.39 is 0 Å². The third kappa shape index (κ3) is 4.85. The Balaban J connectivity index is 1.99. The zero-order valence-electron chi connectivity index (χ0n) is 14.2. The van der Waals surface area contributed by atoms with Crippen LogP contribution in [-0.4, -0.2) is 12.6 Å². The Labute approximate surface area is 131 Å². The fourth-order valence-electron chi connectivity index (χ4n) is 4.01. The van der Waals surface area contributed by atoms with Crippen molar-refractivity contribution in [2.45, 2.75) is 71.8 Å². The molecule has 1 fully saturated rings. The third-order valence-corrected chi connectivity index (χ3v) is 5.32. The van der Waals surface area contributed by atoms with Crippen LogP contribution < -0.4 is 5.32 Å². The van der Waals surface area contributed by atoms with Crippen LogP contribution in [-0.2, 0) is 6.42 Å². The van der Waals surface area contributed by atoms with Gasteiger partial charge in [-0.25, -0.2) is 0 Å². The van der Waals surface area contributed by atoms with Crippen molar-refractivity contribution in [1.82, 2.24) is 5.32 Å². The molecular formula is C20H33N. The standard InChI is InChI=1S/C20H33N/c1-4-16-21-19(14-13-17-10-6-5-7-11-17)18-12-8-9-15-20(18,2)3/h5-7,10-11,18-19,21H,4,8-9,12-16H2,1-3H3. The molecular weight excluding hydrogens is 254 g/mol. The van der Waals surface area contributed by atoms with Gasteiger partial charge in [0.1, 0.15) is 0 Å². The van der Waals surface area contributed by atoms with Crippen LogP contribution in [0.4, 0.5) is 0 Å². The lowest BCUT2D eigenvalue weighted by Gasteiger charge is -2.44. The predicted octanol–water partition coefficient (Wildman–Crippen LogP) is 5.20. The van der Waals surface area contributed by atoms with Crippen LogP contribution in [0.1, 0.15) is 64.9 Å². The summed E-state index contributed by atoms with van der Waals surface area (Å²) >= 11 is 0. The number of nitrogens with one attached hydrogen (secondary N) is 1. The monoisotopic (exact) mass is 287 g/mol. The Morgan fingerprint density at radius 3 is 2.62 bits per heavy atom. The number of rotatable bonds is 7. The van der Waals surface area contributed by atoms with Crippen molar-refractivity contribution in [1.29, 1.82) is 0 Å². The summed E-state index contributed by atoms with van der Waals surface area (Å²) in [5, 5.41) is 3.87. The smallest absolute Gasteiger partial charge is 0.0104 e. The maximum Gasteiger partial charge on any atom is 0.0104 e. The minimum atomic E-state index is 0.500. The summed E-state index contributed by atoms with van der Waals surface area (Å²) in [4.78, 5) is 0. The van der Waals surface area contributed by atoms with Crippen LogP contribution in [0.25, 0.3) is 0 Å². The van der Waals surface area contributed by atoms with Crippen LogP contribution in [0.15, 0.2) is 30.3 Å². The minimum Gasteiger partial charge on any atom is -0.314 e. The lowest BCUT2D eigenvalue weighted by molar-refractivity contribution is 0.0948. The van der Waals surface area contributed by atoms with E-state index in [0.29, 0.717) is 11.5 Å². The molecule has 1 heteroatoms. The van der Waals surface area contributed by atoms with E-state index in [2.05, 4.69) is 56.4 Å². The number of hydrogen-bond donors (Lipinski definition) is 1. The highest BCUT2D eigenvalue weighted by Crippen LogP contribution is 2.43. The minimum absolute atomic E-state index is 0.500. The molecule has 0 saturated heterocycles. The number of hydrogen-bond acceptors (Lipinski definition) is 1. The Hall–Kier alpha value is -0.820. The molecule has 0 radical (unpaired) electrons. The van der Waals surface area contributed by atoms with Crippen molar-refractivity contribution >= 4 is 0 Å². The molecule has 1 aromatic carbocycles. The molecule has 0 bridgehead atoms. The van der Waals surface area contributed by atoms with Gasteiger partial charge in [0.2, 0.25) is 0 Å². The van der Waals surface area contributed by atoms with Crippen LogP contribution in [0.2, 0.25) is 0 Å². The summed E-state index contributed by atoms with van der Waals surface area (Å²) in [6.07, 6.45) is 9.35. The highest BCUT2D eigenvalue weighted by atomic mass is 14.9. The second-order valence-corrected chi connectivity index (χ2v) is 7.43. The summed E-state index contributed by atoms with van der Waals surface area (Å²) in [6, 6.07) is 11.6. The zero-order valence-corrected chi connectivity index (χ0v) is 14.2. The van der Waals surface area contributed by atoms with Crippen molar-refractivity contribution < 1.29 is 0 Å². The van der Waals surface area contributed by atoms with Gasteiger partial charge in [0, 0.05) is 6.04 Å². The largest absolute Gasteiger partial charge is 0.314 e. The molecule has 2 atom stereocenters. The highest BCUT2D eigenvalue weighted by molar-refractivity contribution is 5.15. The maximum absolute atomic E-state index is 3.87. The van der Waals surface area contributed by atoms with Gasteiger partial charge in [-0.2, -0.15) is 0 Å². The third-order valence-electron chi connectivity index (χ3n) is 5.32. The zero-order chi connectivity index (χ0) is 15.1. The van der Waals surface area contributed by atoms with Gasteiger partial charge in [0.15, 0.2) is 0 Å². The van der Waals surface area contributed by atoms with E-state index in [9.17, 15) is 0 Å². The van der Waals surface area contributed by atoms with Gasteiger partial charge >= 0.3 is 0 Å². The van der Waals surface area contributed by atoms with E-state index in [0.717, 1.165) is 12.5 Å². The summed E-state index contributed by atoms with van der Waals surface area (Å²) in [7, 11) is 0. The predicted molar refractivity (Wildman–Crippen MR) is 92.6 cm³/mol. The van der Waals surface area contributed by atoms with E-state index in [1.807, 2.05) is 0 Å². The lowest BCUT2D eigenvalue weighted by Crippen LogP contribution is -2.45. The molecule has 0 aliphatic heterocycles. The molecule has 0 spiro atoms.